The number of carbonyl (C=O) groups excluding carboxylic acids is 2. The van der Waals surface area contributed by atoms with Crippen LogP contribution in [-0.4, -0.2) is 61.0 Å². The summed E-state index contributed by atoms with van der Waals surface area (Å²) < 4.78 is 0. The Morgan fingerprint density at radius 1 is 0.900 bits per heavy atom. The van der Waals surface area contributed by atoms with Gasteiger partial charge in [0.2, 0.25) is 5.91 Å². The highest BCUT2D eigenvalue weighted by Gasteiger charge is 2.33. The van der Waals surface area contributed by atoms with Crippen molar-refractivity contribution in [3.05, 3.63) is 66.2 Å². The number of hydrogen-bond acceptors (Lipinski definition) is 2. The molecule has 1 atom stereocenters. The van der Waals surface area contributed by atoms with Gasteiger partial charge in [-0.1, -0.05) is 48.5 Å². The number of quaternary nitrogens is 1. The lowest BCUT2D eigenvalue weighted by atomic mass is 9.96. The molecule has 0 saturated carbocycles. The van der Waals surface area contributed by atoms with Crippen LogP contribution in [0.2, 0.25) is 0 Å². The minimum absolute atomic E-state index is 0.0871. The zero-order chi connectivity index (χ0) is 20.8. The summed E-state index contributed by atoms with van der Waals surface area (Å²) in [7, 11) is 0. The fourth-order valence-corrected chi connectivity index (χ4v) is 4.45. The summed E-state index contributed by atoms with van der Waals surface area (Å²) >= 11 is 0. The van der Waals surface area contributed by atoms with Crippen molar-refractivity contribution in [3.8, 4) is 0 Å². The van der Waals surface area contributed by atoms with Gasteiger partial charge in [0.25, 0.3) is 0 Å². The molecule has 2 aliphatic heterocycles. The quantitative estimate of drug-likeness (QED) is 0.813. The van der Waals surface area contributed by atoms with Crippen LogP contribution in [0.4, 0.5) is 10.5 Å². The number of hydrogen-bond donors (Lipinski definition) is 2. The highest BCUT2D eigenvalue weighted by Crippen LogP contribution is 2.20. The summed E-state index contributed by atoms with van der Waals surface area (Å²) in [5, 5.41) is 2.94. The number of likely N-dealkylation sites (tertiary alicyclic amines) is 1. The normalized spacial score (nSPS) is 20.1. The van der Waals surface area contributed by atoms with Crippen molar-refractivity contribution in [2.45, 2.75) is 19.4 Å². The summed E-state index contributed by atoms with van der Waals surface area (Å²) in [6, 6.07) is 19.9. The van der Waals surface area contributed by atoms with Gasteiger partial charge in [0.15, 0.2) is 0 Å². The van der Waals surface area contributed by atoms with E-state index in [2.05, 4.69) is 29.6 Å². The molecular weight excluding hydrogens is 376 g/mol. The summed E-state index contributed by atoms with van der Waals surface area (Å²) in [5.41, 5.74) is 2.13. The second-order valence-electron chi connectivity index (χ2n) is 8.32. The molecule has 2 aromatic carbocycles. The van der Waals surface area contributed by atoms with Crippen LogP contribution in [0.5, 0.6) is 0 Å². The highest BCUT2D eigenvalue weighted by atomic mass is 16.2. The van der Waals surface area contributed by atoms with Crippen molar-refractivity contribution in [3.63, 3.8) is 0 Å². The molecule has 2 heterocycles. The molecule has 0 spiro atoms. The lowest BCUT2D eigenvalue weighted by molar-refractivity contribution is -0.917. The maximum Gasteiger partial charge on any atom is 0.321 e. The lowest BCUT2D eigenvalue weighted by Crippen LogP contribution is -3.13. The van der Waals surface area contributed by atoms with Crippen molar-refractivity contribution in [1.82, 2.24) is 9.80 Å². The molecule has 6 heteroatoms. The first kappa shape index (κ1) is 20.4. The van der Waals surface area contributed by atoms with Crippen LogP contribution in [-0.2, 0) is 11.3 Å². The molecule has 2 fully saturated rings. The van der Waals surface area contributed by atoms with Gasteiger partial charge in [-0.05, 0) is 25.0 Å². The highest BCUT2D eigenvalue weighted by molar-refractivity contribution is 5.90. The molecule has 0 bridgehead atoms. The molecular formula is C24H31N4O2+. The fraction of sp³-hybridized carbons (Fsp3) is 0.417. The number of piperazine rings is 1. The van der Waals surface area contributed by atoms with Crippen LogP contribution < -0.4 is 10.2 Å². The van der Waals surface area contributed by atoms with Gasteiger partial charge in [0, 0.05) is 24.3 Å². The third kappa shape index (κ3) is 5.19. The number of benzene rings is 2. The molecule has 2 N–H and O–H groups in total. The van der Waals surface area contributed by atoms with E-state index in [0.717, 1.165) is 51.3 Å². The molecule has 0 aliphatic carbocycles. The minimum Gasteiger partial charge on any atom is -0.331 e. The van der Waals surface area contributed by atoms with Gasteiger partial charge in [-0.15, -0.1) is 0 Å². The Morgan fingerprint density at radius 2 is 1.57 bits per heavy atom. The summed E-state index contributed by atoms with van der Waals surface area (Å²) in [6.07, 6.45) is 1.74. The predicted octanol–water partition coefficient (Wildman–Crippen LogP) is 1.86. The Bertz CT molecular complexity index is 835. The van der Waals surface area contributed by atoms with Crippen molar-refractivity contribution < 1.29 is 14.5 Å². The number of anilines is 1. The molecule has 0 aromatic heterocycles. The molecule has 158 valence electrons. The zero-order valence-electron chi connectivity index (χ0n) is 17.4. The van der Waals surface area contributed by atoms with Crippen LogP contribution >= 0.6 is 0 Å². The van der Waals surface area contributed by atoms with Crippen LogP contribution in [0, 0.1) is 5.92 Å². The molecule has 3 amide bonds. The molecule has 30 heavy (non-hydrogen) atoms. The minimum atomic E-state index is -0.115. The van der Waals surface area contributed by atoms with Crippen molar-refractivity contribution in [2.24, 2.45) is 5.92 Å². The van der Waals surface area contributed by atoms with Gasteiger partial charge >= 0.3 is 6.03 Å². The Hall–Kier alpha value is -2.86. The monoisotopic (exact) mass is 407 g/mol. The van der Waals surface area contributed by atoms with Crippen LogP contribution in [0.3, 0.4) is 0 Å². The maximum absolute atomic E-state index is 13.1. The molecule has 2 saturated heterocycles. The fourth-order valence-electron chi connectivity index (χ4n) is 4.45. The number of para-hydroxylation sites is 1. The van der Waals surface area contributed by atoms with E-state index in [4.69, 9.17) is 0 Å². The molecule has 6 nitrogen and oxygen atoms in total. The van der Waals surface area contributed by atoms with Crippen LogP contribution in [0.25, 0.3) is 0 Å². The van der Waals surface area contributed by atoms with Gasteiger partial charge < -0.3 is 20.0 Å². The number of piperidine rings is 1. The third-order valence-electron chi connectivity index (χ3n) is 6.16. The average Bonchev–Trinajstić information content (AvgIpc) is 2.80. The maximum atomic E-state index is 13.1. The number of rotatable bonds is 4. The van der Waals surface area contributed by atoms with E-state index in [0.29, 0.717) is 13.1 Å². The number of nitrogens with one attached hydrogen (secondary N) is 2. The standard InChI is InChI=1S/C24H30N4O2/c29-23(27-16-14-26(15-17-27)18-20-8-3-1-4-9-20)21-10-7-13-28(19-21)24(30)25-22-11-5-2-6-12-22/h1-6,8-9,11-12,21H,7,10,13-19H2,(H,25,30)/p+1/t21-/m1/s1. The zero-order valence-corrected chi connectivity index (χ0v) is 17.4. The summed E-state index contributed by atoms with van der Waals surface area (Å²) in [4.78, 5) is 31.0. The molecule has 2 aromatic rings. The molecule has 0 unspecified atom stereocenters. The third-order valence-corrected chi connectivity index (χ3v) is 6.16. The Labute approximate surface area is 178 Å². The second-order valence-corrected chi connectivity index (χ2v) is 8.32. The van der Waals surface area contributed by atoms with Gasteiger partial charge in [-0.3, -0.25) is 4.79 Å². The molecule has 0 radical (unpaired) electrons. The summed E-state index contributed by atoms with van der Waals surface area (Å²) in [5.74, 6) is 0.127. The van der Waals surface area contributed by atoms with E-state index in [1.54, 1.807) is 4.90 Å². The number of amides is 3. The first-order chi connectivity index (χ1) is 14.7. The van der Waals surface area contributed by atoms with Crippen molar-refractivity contribution in [2.75, 3.05) is 44.6 Å². The van der Waals surface area contributed by atoms with Gasteiger partial charge in [-0.2, -0.15) is 0 Å². The number of carbonyl (C=O) groups is 2. The summed E-state index contributed by atoms with van der Waals surface area (Å²) in [6.45, 7) is 5.78. The average molecular weight is 408 g/mol. The van der Waals surface area contributed by atoms with E-state index >= 15 is 0 Å². The van der Waals surface area contributed by atoms with Gasteiger partial charge in [0.1, 0.15) is 6.54 Å². The van der Waals surface area contributed by atoms with Gasteiger partial charge in [0.05, 0.1) is 32.1 Å². The Kier molecular flexibility index (Phi) is 6.64. The molecule has 4 rings (SSSR count). The van der Waals surface area contributed by atoms with E-state index in [1.807, 2.05) is 41.3 Å². The van der Waals surface area contributed by atoms with Crippen LogP contribution in [0.15, 0.2) is 60.7 Å². The largest absolute Gasteiger partial charge is 0.331 e. The smallest absolute Gasteiger partial charge is 0.321 e. The van der Waals surface area contributed by atoms with Crippen molar-refractivity contribution in [1.29, 1.82) is 0 Å². The van der Waals surface area contributed by atoms with Gasteiger partial charge in [-0.25, -0.2) is 4.79 Å². The molecule has 2 aliphatic rings. The van der Waals surface area contributed by atoms with E-state index in [-0.39, 0.29) is 17.9 Å². The number of nitrogens with zero attached hydrogens (tertiary/aromatic N) is 2. The van der Waals surface area contributed by atoms with E-state index in [1.165, 1.54) is 10.5 Å². The predicted molar refractivity (Wildman–Crippen MR) is 117 cm³/mol. The SMILES string of the molecule is O=C(Nc1ccccc1)N1CCC[C@@H](C(=O)N2CC[NH+](Cc3ccccc3)CC2)C1. The van der Waals surface area contributed by atoms with Crippen LogP contribution in [0.1, 0.15) is 18.4 Å². The topological polar surface area (TPSA) is 57.1 Å². The number of urea groups is 1. The first-order valence-corrected chi connectivity index (χ1v) is 11.0. The van der Waals surface area contributed by atoms with Crippen molar-refractivity contribution >= 4 is 17.6 Å². The van der Waals surface area contributed by atoms with E-state index < -0.39 is 0 Å². The Balaban J connectivity index is 1.27. The Morgan fingerprint density at radius 3 is 2.27 bits per heavy atom. The lowest BCUT2D eigenvalue weighted by Gasteiger charge is -2.37. The second kappa shape index (κ2) is 9.76. The first-order valence-electron chi connectivity index (χ1n) is 11.0. The van der Waals surface area contributed by atoms with E-state index in [9.17, 15) is 9.59 Å².